The minimum atomic E-state index is -0.908. The predicted octanol–water partition coefficient (Wildman–Crippen LogP) is -0.164. The third kappa shape index (κ3) is 2.07. The first-order valence-electron chi connectivity index (χ1n) is 6.25. The summed E-state index contributed by atoms with van der Waals surface area (Å²) in [5, 5.41) is 11.5. The summed E-state index contributed by atoms with van der Waals surface area (Å²) >= 11 is 0. The Morgan fingerprint density at radius 1 is 1.33 bits per heavy atom. The van der Waals surface area contributed by atoms with Gasteiger partial charge in [0.25, 0.3) is 0 Å². The van der Waals surface area contributed by atoms with Gasteiger partial charge in [0.15, 0.2) is 0 Å². The van der Waals surface area contributed by atoms with E-state index in [9.17, 15) is 14.4 Å². The van der Waals surface area contributed by atoms with Crippen molar-refractivity contribution >= 4 is 17.8 Å². The molecule has 1 saturated heterocycles. The number of hydrogen-bond donors (Lipinski definition) is 2. The molecule has 6 nitrogen and oxygen atoms in total. The van der Waals surface area contributed by atoms with Crippen LogP contribution in [0.25, 0.3) is 0 Å². The average Bonchev–Trinajstić information content (AvgIpc) is 3.18. The van der Waals surface area contributed by atoms with Gasteiger partial charge in [-0.2, -0.15) is 0 Å². The van der Waals surface area contributed by atoms with Crippen molar-refractivity contribution in [2.24, 2.45) is 11.3 Å². The molecule has 2 rings (SSSR count). The van der Waals surface area contributed by atoms with Crippen molar-refractivity contribution in [3.05, 3.63) is 0 Å². The van der Waals surface area contributed by atoms with Crippen LogP contribution in [0.1, 0.15) is 25.7 Å². The maximum absolute atomic E-state index is 12.3. The molecular formula is C12H18N2O4. The fraction of sp³-hybridized carbons (Fsp3) is 0.750. The van der Waals surface area contributed by atoms with Gasteiger partial charge in [-0.15, -0.1) is 0 Å². The maximum Gasteiger partial charge on any atom is 0.308 e. The molecule has 0 aromatic carbocycles. The van der Waals surface area contributed by atoms with E-state index in [0.29, 0.717) is 32.2 Å². The number of aliphatic carboxylic acids is 1. The second-order valence-corrected chi connectivity index (χ2v) is 5.09. The fourth-order valence-electron chi connectivity index (χ4n) is 2.57. The lowest BCUT2D eigenvalue weighted by Gasteiger charge is -2.33. The molecule has 100 valence electrons. The summed E-state index contributed by atoms with van der Waals surface area (Å²) in [7, 11) is 1.52. The smallest absolute Gasteiger partial charge is 0.308 e. The minimum Gasteiger partial charge on any atom is -0.481 e. The van der Waals surface area contributed by atoms with Crippen molar-refractivity contribution in [2.45, 2.75) is 25.7 Å². The molecule has 1 aliphatic heterocycles. The fourth-order valence-corrected chi connectivity index (χ4v) is 2.57. The van der Waals surface area contributed by atoms with Gasteiger partial charge >= 0.3 is 5.97 Å². The summed E-state index contributed by atoms with van der Waals surface area (Å²) in [5.74, 6) is -1.81. The first kappa shape index (κ1) is 12.9. The molecule has 1 heterocycles. The number of carboxylic acids is 1. The second-order valence-electron chi connectivity index (χ2n) is 5.09. The summed E-state index contributed by atoms with van der Waals surface area (Å²) in [5.41, 5.74) is -0.908. The molecule has 2 fully saturated rings. The highest BCUT2D eigenvalue weighted by Crippen LogP contribution is 2.47. The van der Waals surface area contributed by atoms with Gasteiger partial charge in [0.05, 0.1) is 5.92 Å². The molecule has 0 aromatic heterocycles. The van der Waals surface area contributed by atoms with Crippen LogP contribution in [0.3, 0.4) is 0 Å². The standard InChI is InChI=1S/C12H18N2O4/c1-13-10(17)12(4-5-12)11(18)14-6-2-3-8(7-14)9(15)16/h8H,2-7H2,1H3,(H,13,17)(H,15,16)/t8-/m1/s1. The summed E-state index contributed by atoms with van der Waals surface area (Å²) in [6, 6.07) is 0. The van der Waals surface area contributed by atoms with E-state index in [1.54, 1.807) is 4.90 Å². The Bertz CT molecular complexity index is 390. The second kappa shape index (κ2) is 4.59. The lowest BCUT2D eigenvalue weighted by Crippen LogP contribution is -2.49. The zero-order valence-corrected chi connectivity index (χ0v) is 10.4. The molecule has 6 heteroatoms. The molecule has 2 amide bonds. The van der Waals surface area contributed by atoms with Crippen LogP contribution < -0.4 is 5.32 Å². The Kier molecular flexibility index (Phi) is 3.28. The van der Waals surface area contributed by atoms with Crippen molar-refractivity contribution in [3.63, 3.8) is 0 Å². The molecule has 0 aromatic rings. The summed E-state index contributed by atoms with van der Waals surface area (Å²) in [6.45, 7) is 0.786. The first-order chi connectivity index (χ1) is 8.51. The van der Waals surface area contributed by atoms with E-state index in [1.807, 2.05) is 0 Å². The van der Waals surface area contributed by atoms with Gasteiger partial charge in [0.1, 0.15) is 5.41 Å². The molecule has 1 aliphatic carbocycles. The van der Waals surface area contributed by atoms with Crippen LogP contribution in [0.2, 0.25) is 0 Å². The highest BCUT2D eigenvalue weighted by atomic mass is 16.4. The van der Waals surface area contributed by atoms with Gasteiger partial charge in [-0.25, -0.2) is 0 Å². The largest absolute Gasteiger partial charge is 0.481 e. The highest BCUT2D eigenvalue weighted by Gasteiger charge is 2.58. The molecule has 0 spiro atoms. The van der Waals surface area contributed by atoms with Crippen LogP contribution in [-0.4, -0.2) is 47.9 Å². The summed E-state index contributed by atoms with van der Waals surface area (Å²) in [6.07, 6.45) is 2.43. The summed E-state index contributed by atoms with van der Waals surface area (Å²) in [4.78, 5) is 36.6. The number of carbonyl (C=O) groups is 3. The first-order valence-corrected chi connectivity index (χ1v) is 6.25. The van der Waals surface area contributed by atoms with Crippen LogP contribution in [0, 0.1) is 11.3 Å². The van der Waals surface area contributed by atoms with Crippen molar-refractivity contribution in [1.82, 2.24) is 10.2 Å². The topological polar surface area (TPSA) is 86.7 Å². The van der Waals surface area contributed by atoms with E-state index < -0.39 is 17.3 Å². The lowest BCUT2D eigenvalue weighted by molar-refractivity contribution is -0.149. The number of likely N-dealkylation sites (tertiary alicyclic amines) is 1. The van der Waals surface area contributed by atoms with E-state index in [-0.39, 0.29) is 18.4 Å². The number of carboxylic acid groups (broad SMARTS) is 1. The van der Waals surface area contributed by atoms with Gasteiger partial charge in [-0.1, -0.05) is 0 Å². The van der Waals surface area contributed by atoms with E-state index in [4.69, 9.17) is 5.11 Å². The van der Waals surface area contributed by atoms with Crippen molar-refractivity contribution in [1.29, 1.82) is 0 Å². The van der Waals surface area contributed by atoms with Crippen LogP contribution in [0.4, 0.5) is 0 Å². The molecule has 0 unspecified atom stereocenters. The minimum absolute atomic E-state index is 0.201. The Morgan fingerprint density at radius 2 is 2.00 bits per heavy atom. The number of carbonyl (C=O) groups excluding carboxylic acids is 2. The van der Waals surface area contributed by atoms with Crippen molar-refractivity contribution in [2.75, 3.05) is 20.1 Å². The van der Waals surface area contributed by atoms with E-state index in [1.165, 1.54) is 7.05 Å². The number of nitrogens with zero attached hydrogens (tertiary/aromatic N) is 1. The van der Waals surface area contributed by atoms with Crippen LogP contribution in [0.15, 0.2) is 0 Å². The molecule has 2 aliphatic rings. The Hall–Kier alpha value is -1.59. The van der Waals surface area contributed by atoms with Gasteiger partial charge in [0, 0.05) is 20.1 Å². The number of rotatable bonds is 3. The van der Waals surface area contributed by atoms with Crippen LogP contribution >= 0.6 is 0 Å². The predicted molar refractivity (Wildman–Crippen MR) is 62.7 cm³/mol. The van der Waals surface area contributed by atoms with Crippen LogP contribution in [-0.2, 0) is 14.4 Å². The van der Waals surface area contributed by atoms with Crippen molar-refractivity contribution in [3.8, 4) is 0 Å². The Labute approximate surface area is 105 Å². The molecule has 2 N–H and O–H groups in total. The number of nitrogens with one attached hydrogen (secondary N) is 1. The maximum atomic E-state index is 12.3. The van der Waals surface area contributed by atoms with E-state index in [2.05, 4.69) is 5.32 Å². The SMILES string of the molecule is CNC(=O)C1(C(=O)N2CCC[C@@H](C(=O)O)C2)CC1. The highest BCUT2D eigenvalue weighted by molar-refractivity contribution is 6.07. The monoisotopic (exact) mass is 254 g/mol. The Balaban J connectivity index is 2.05. The number of hydrogen-bond acceptors (Lipinski definition) is 3. The zero-order valence-electron chi connectivity index (χ0n) is 10.4. The Morgan fingerprint density at radius 3 is 2.50 bits per heavy atom. The van der Waals surface area contributed by atoms with Gasteiger partial charge < -0.3 is 15.3 Å². The number of amides is 2. The van der Waals surface area contributed by atoms with Gasteiger partial charge in [-0.05, 0) is 25.7 Å². The quantitative estimate of drug-likeness (QED) is 0.685. The molecular weight excluding hydrogens is 236 g/mol. The van der Waals surface area contributed by atoms with E-state index in [0.717, 1.165) is 0 Å². The molecule has 0 bridgehead atoms. The third-order valence-corrected chi connectivity index (χ3v) is 3.88. The summed E-state index contributed by atoms with van der Waals surface area (Å²) < 4.78 is 0. The average molecular weight is 254 g/mol. The molecule has 1 atom stereocenters. The zero-order chi connectivity index (χ0) is 13.3. The third-order valence-electron chi connectivity index (χ3n) is 3.88. The van der Waals surface area contributed by atoms with Gasteiger partial charge in [0.2, 0.25) is 11.8 Å². The van der Waals surface area contributed by atoms with Gasteiger partial charge in [-0.3, -0.25) is 14.4 Å². The van der Waals surface area contributed by atoms with Crippen LogP contribution in [0.5, 0.6) is 0 Å². The van der Waals surface area contributed by atoms with Crippen molar-refractivity contribution < 1.29 is 19.5 Å². The molecule has 1 saturated carbocycles. The lowest BCUT2D eigenvalue weighted by atomic mass is 9.95. The number of piperidine rings is 1. The molecule has 18 heavy (non-hydrogen) atoms. The van der Waals surface area contributed by atoms with E-state index >= 15 is 0 Å². The molecule has 0 radical (unpaired) electrons. The normalized spacial score (nSPS) is 25.4.